The van der Waals surface area contributed by atoms with Crippen LogP contribution in [0.2, 0.25) is 0 Å². The van der Waals surface area contributed by atoms with E-state index < -0.39 is 0 Å². The smallest absolute Gasteiger partial charge is 0.130 e. The lowest BCUT2D eigenvalue weighted by molar-refractivity contribution is 0.128. The molecule has 1 saturated heterocycles. The molecule has 106 valence electrons. The van der Waals surface area contributed by atoms with Gasteiger partial charge >= 0.3 is 0 Å². The highest BCUT2D eigenvalue weighted by Crippen LogP contribution is 2.26. The van der Waals surface area contributed by atoms with Crippen molar-refractivity contribution in [3.63, 3.8) is 0 Å². The summed E-state index contributed by atoms with van der Waals surface area (Å²) < 4.78 is 13.7. The molecule has 4 heteroatoms. The summed E-state index contributed by atoms with van der Waals surface area (Å²) in [5.74, 6) is -0.321. The normalized spacial score (nSPS) is 17.8. The van der Waals surface area contributed by atoms with Crippen LogP contribution in [0.1, 0.15) is 26.3 Å². The fourth-order valence-electron chi connectivity index (χ4n) is 2.62. The summed E-state index contributed by atoms with van der Waals surface area (Å²) in [5, 5.41) is 9.33. The van der Waals surface area contributed by atoms with Crippen molar-refractivity contribution in [2.24, 2.45) is 0 Å². The van der Waals surface area contributed by atoms with Crippen molar-refractivity contribution < 1.29 is 9.50 Å². The highest BCUT2D eigenvalue weighted by Gasteiger charge is 2.26. The quantitative estimate of drug-likeness (QED) is 0.889. The van der Waals surface area contributed by atoms with Crippen LogP contribution in [0.15, 0.2) is 18.2 Å². The zero-order valence-corrected chi connectivity index (χ0v) is 12.0. The Hall–Kier alpha value is -1.13. The van der Waals surface area contributed by atoms with Gasteiger partial charge in [-0.15, -0.1) is 0 Å². The second-order valence-electron chi connectivity index (χ2n) is 6.04. The van der Waals surface area contributed by atoms with Crippen molar-refractivity contribution in [2.45, 2.75) is 32.9 Å². The zero-order valence-electron chi connectivity index (χ0n) is 12.0. The molecule has 0 unspecified atom stereocenters. The van der Waals surface area contributed by atoms with Crippen molar-refractivity contribution in [1.29, 1.82) is 0 Å². The van der Waals surface area contributed by atoms with Crippen LogP contribution in [-0.4, -0.2) is 41.7 Å². The summed E-state index contributed by atoms with van der Waals surface area (Å²) in [5.41, 5.74) is 1.41. The lowest BCUT2D eigenvalue weighted by Gasteiger charge is -2.43. The Bertz CT molecular complexity index is 434. The number of halogens is 1. The third-order valence-electron chi connectivity index (χ3n) is 3.82. The second-order valence-corrected chi connectivity index (χ2v) is 6.04. The van der Waals surface area contributed by atoms with Crippen molar-refractivity contribution in [3.05, 3.63) is 29.6 Å². The Balaban J connectivity index is 2.12. The van der Waals surface area contributed by atoms with Gasteiger partial charge in [-0.2, -0.15) is 0 Å². The third kappa shape index (κ3) is 3.07. The molecule has 3 nitrogen and oxygen atoms in total. The number of nitrogens with zero attached hydrogens (tertiary/aromatic N) is 2. The van der Waals surface area contributed by atoms with Crippen molar-refractivity contribution in [3.8, 4) is 0 Å². The Kier molecular flexibility index (Phi) is 4.11. The van der Waals surface area contributed by atoms with E-state index in [0.29, 0.717) is 5.56 Å². The SMILES string of the molecule is CC(C)(C)N1CCN(c2cccc(F)c2CO)CC1. The van der Waals surface area contributed by atoms with Crippen LogP contribution in [0.25, 0.3) is 0 Å². The summed E-state index contributed by atoms with van der Waals surface area (Å²) in [4.78, 5) is 4.60. The third-order valence-corrected chi connectivity index (χ3v) is 3.82. The largest absolute Gasteiger partial charge is 0.391 e. The molecule has 1 N–H and O–H groups in total. The minimum atomic E-state index is -0.321. The molecule has 0 atom stereocenters. The minimum absolute atomic E-state index is 0.174. The molecule has 0 saturated carbocycles. The molecule has 1 aliphatic rings. The van der Waals surface area contributed by atoms with E-state index in [-0.39, 0.29) is 18.0 Å². The van der Waals surface area contributed by atoms with E-state index in [1.165, 1.54) is 6.07 Å². The van der Waals surface area contributed by atoms with E-state index >= 15 is 0 Å². The van der Waals surface area contributed by atoms with Gasteiger partial charge in [0.25, 0.3) is 0 Å². The van der Waals surface area contributed by atoms with Gasteiger partial charge in [0.15, 0.2) is 0 Å². The van der Waals surface area contributed by atoms with Crippen LogP contribution in [0.4, 0.5) is 10.1 Å². The monoisotopic (exact) mass is 266 g/mol. The average Bonchev–Trinajstić information content (AvgIpc) is 2.37. The summed E-state index contributed by atoms with van der Waals surface area (Å²) in [6, 6.07) is 5.00. The first-order chi connectivity index (χ1) is 8.93. The van der Waals surface area contributed by atoms with Crippen LogP contribution < -0.4 is 4.90 Å². The maximum Gasteiger partial charge on any atom is 0.130 e. The van der Waals surface area contributed by atoms with Crippen LogP contribution in [0.3, 0.4) is 0 Å². The predicted octanol–water partition coefficient (Wildman–Crippen LogP) is 2.24. The molecule has 1 heterocycles. The average molecular weight is 266 g/mol. The van der Waals surface area contributed by atoms with E-state index in [1.54, 1.807) is 6.07 Å². The van der Waals surface area contributed by atoms with Gasteiger partial charge < -0.3 is 10.0 Å². The number of rotatable bonds is 2. The molecule has 1 aromatic carbocycles. The molecule has 0 amide bonds. The van der Waals surface area contributed by atoms with Gasteiger partial charge in [0.2, 0.25) is 0 Å². The maximum absolute atomic E-state index is 13.7. The molecule has 1 fully saturated rings. The van der Waals surface area contributed by atoms with Crippen LogP contribution in [0, 0.1) is 5.82 Å². The van der Waals surface area contributed by atoms with E-state index in [4.69, 9.17) is 0 Å². The molecule has 0 spiro atoms. The van der Waals surface area contributed by atoms with Gasteiger partial charge in [0, 0.05) is 43.0 Å². The molecule has 1 aliphatic heterocycles. The molecule has 0 aromatic heterocycles. The van der Waals surface area contributed by atoms with E-state index in [2.05, 4.69) is 30.6 Å². The highest BCUT2D eigenvalue weighted by atomic mass is 19.1. The molecule has 19 heavy (non-hydrogen) atoms. The first kappa shape index (κ1) is 14.3. The molecule has 1 aromatic rings. The Morgan fingerprint density at radius 1 is 1.16 bits per heavy atom. The summed E-state index contributed by atoms with van der Waals surface area (Å²) >= 11 is 0. The molecule has 0 bridgehead atoms. The van der Waals surface area contributed by atoms with E-state index in [1.807, 2.05) is 6.07 Å². The molecule has 0 aliphatic carbocycles. The maximum atomic E-state index is 13.7. The fraction of sp³-hybridized carbons (Fsp3) is 0.600. The Morgan fingerprint density at radius 3 is 2.32 bits per heavy atom. The van der Waals surface area contributed by atoms with Gasteiger partial charge in [-0.25, -0.2) is 4.39 Å². The lowest BCUT2D eigenvalue weighted by atomic mass is 10.0. The van der Waals surface area contributed by atoms with Gasteiger partial charge in [-0.1, -0.05) is 6.07 Å². The summed E-state index contributed by atoms with van der Waals surface area (Å²) in [6.45, 7) is 10.1. The number of aliphatic hydroxyl groups excluding tert-OH is 1. The van der Waals surface area contributed by atoms with Crippen LogP contribution in [0.5, 0.6) is 0 Å². The van der Waals surface area contributed by atoms with Crippen molar-refractivity contribution in [1.82, 2.24) is 4.90 Å². The van der Waals surface area contributed by atoms with Gasteiger partial charge in [-0.3, -0.25) is 4.90 Å². The van der Waals surface area contributed by atoms with Crippen molar-refractivity contribution >= 4 is 5.69 Å². The van der Waals surface area contributed by atoms with E-state index in [9.17, 15) is 9.50 Å². The number of hydrogen-bond donors (Lipinski definition) is 1. The van der Waals surface area contributed by atoms with Crippen LogP contribution in [-0.2, 0) is 6.61 Å². The number of piperazine rings is 1. The zero-order chi connectivity index (χ0) is 14.0. The van der Waals surface area contributed by atoms with Gasteiger partial charge in [0.1, 0.15) is 5.82 Å². The molecular weight excluding hydrogens is 243 g/mol. The Morgan fingerprint density at radius 2 is 1.79 bits per heavy atom. The van der Waals surface area contributed by atoms with Gasteiger partial charge in [0.05, 0.1) is 6.61 Å². The molecule has 0 radical (unpaired) electrons. The number of hydrogen-bond acceptors (Lipinski definition) is 3. The predicted molar refractivity (Wildman–Crippen MR) is 75.9 cm³/mol. The fourth-order valence-corrected chi connectivity index (χ4v) is 2.62. The lowest BCUT2D eigenvalue weighted by Crippen LogP contribution is -2.53. The van der Waals surface area contributed by atoms with Crippen molar-refractivity contribution in [2.75, 3.05) is 31.1 Å². The standard InChI is InChI=1S/C15H23FN2O/c1-15(2,3)18-9-7-17(8-10-18)14-6-4-5-13(16)12(14)11-19/h4-6,19H,7-11H2,1-3H3. The first-order valence-electron chi connectivity index (χ1n) is 6.81. The first-order valence-corrected chi connectivity index (χ1v) is 6.81. The van der Waals surface area contributed by atoms with E-state index in [0.717, 1.165) is 31.9 Å². The molecular formula is C15H23FN2O. The highest BCUT2D eigenvalue weighted by molar-refractivity contribution is 5.54. The number of anilines is 1. The Labute approximate surface area is 114 Å². The van der Waals surface area contributed by atoms with Gasteiger partial charge in [-0.05, 0) is 32.9 Å². The van der Waals surface area contributed by atoms with Crippen LogP contribution >= 0.6 is 0 Å². The number of benzene rings is 1. The topological polar surface area (TPSA) is 26.7 Å². The second kappa shape index (κ2) is 5.47. The molecule has 2 rings (SSSR count). The number of aliphatic hydroxyl groups is 1. The minimum Gasteiger partial charge on any atom is -0.391 e. The summed E-state index contributed by atoms with van der Waals surface area (Å²) in [7, 11) is 0. The summed E-state index contributed by atoms with van der Waals surface area (Å²) in [6.07, 6.45) is 0.